The highest BCUT2D eigenvalue weighted by atomic mass is 35.5. The Kier molecular flexibility index (Phi) is 4.84. The van der Waals surface area contributed by atoms with Crippen LogP contribution in [0.15, 0.2) is 65.6 Å². The van der Waals surface area contributed by atoms with Gasteiger partial charge in [0.05, 0.1) is 27.2 Å². The molecule has 4 rings (SSSR count). The van der Waals surface area contributed by atoms with E-state index in [1.807, 2.05) is 36.4 Å². The fourth-order valence-corrected chi connectivity index (χ4v) is 3.22. The molecule has 0 amide bonds. The average molecular weight is 416 g/mol. The lowest BCUT2D eigenvalue weighted by Gasteiger charge is -2.09. The van der Waals surface area contributed by atoms with Gasteiger partial charge in [-0.05, 0) is 29.3 Å². The van der Waals surface area contributed by atoms with Crippen LogP contribution in [0.5, 0.6) is 0 Å². The first-order chi connectivity index (χ1) is 13.8. The van der Waals surface area contributed by atoms with Gasteiger partial charge in [-0.25, -0.2) is 4.98 Å². The quantitative estimate of drug-likeness (QED) is 0.497. The highest BCUT2D eigenvalue weighted by molar-refractivity contribution is 6.31. The third-order valence-corrected chi connectivity index (χ3v) is 4.77. The summed E-state index contributed by atoms with van der Waals surface area (Å²) in [5.74, 6) is 0.268. The molecule has 0 aliphatic heterocycles. The summed E-state index contributed by atoms with van der Waals surface area (Å²) in [6, 6.07) is 15.8. The predicted octanol–water partition coefficient (Wildman–Crippen LogP) is 5.25. The van der Waals surface area contributed by atoms with Gasteiger partial charge in [-0.1, -0.05) is 48.0 Å². The molecule has 2 aromatic carbocycles. The van der Waals surface area contributed by atoms with Gasteiger partial charge in [-0.2, -0.15) is 13.2 Å². The number of alkyl halides is 3. The second kappa shape index (κ2) is 7.33. The van der Waals surface area contributed by atoms with Crippen LogP contribution in [-0.2, 0) is 12.6 Å². The van der Waals surface area contributed by atoms with Gasteiger partial charge in [0.2, 0.25) is 0 Å². The van der Waals surface area contributed by atoms with Gasteiger partial charge in [-0.15, -0.1) is 0 Å². The lowest BCUT2D eigenvalue weighted by Crippen LogP contribution is -2.13. The van der Waals surface area contributed by atoms with Gasteiger partial charge >= 0.3 is 6.18 Å². The summed E-state index contributed by atoms with van der Waals surface area (Å²) in [7, 11) is 0. The van der Waals surface area contributed by atoms with E-state index in [4.69, 9.17) is 11.6 Å². The van der Waals surface area contributed by atoms with Crippen molar-refractivity contribution in [1.82, 2.24) is 15.0 Å². The van der Waals surface area contributed by atoms with E-state index < -0.39 is 11.7 Å². The molecule has 0 aliphatic carbocycles. The Balaban J connectivity index is 1.69. The van der Waals surface area contributed by atoms with Gasteiger partial charge in [0.15, 0.2) is 0 Å². The highest BCUT2D eigenvalue weighted by Crippen LogP contribution is 2.31. The van der Waals surface area contributed by atoms with Crippen molar-refractivity contribution in [2.45, 2.75) is 12.6 Å². The van der Waals surface area contributed by atoms with E-state index >= 15 is 0 Å². The summed E-state index contributed by atoms with van der Waals surface area (Å²) in [4.78, 5) is 23.4. The maximum Gasteiger partial charge on any atom is 0.417 e. The maximum absolute atomic E-state index is 12.8. The van der Waals surface area contributed by atoms with Gasteiger partial charge in [-0.3, -0.25) is 9.78 Å². The normalized spacial score (nSPS) is 11.7. The van der Waals surface area contributed by atoms with Crippen LogP contribution in [0.25, 0.3) is 22.0 Å². The molecule has 4 nitrogen and oxygen atoms in total. The van der Waals surface area contributed by atoms with Gasteiger partial charge < -0.3 is 4.98 Å². The number of nitrogens with one attached hydrogen (secondary N) is 1. The summed E-state index contributed by atoms with van der Waals surface area (Å²) < 4.78 is 38.3. The van der Waals surface area contributed by atoms with Crippen LogP contribution in [-0.4, -0.2) is 15.0 Å². The maximum atomic E-state index is 12.8. The summed E-state index contributed by atoms with van der Waals surface area (Å²) >= 11 is 5.95. The van der Waals surface area contributed by atoms with Crippen molar-refractivity contribution in [3.8, 4) is 11.1 Å². The Morgan fingerprint density at radius 3 is 2.45 bits per heavy atom. The first-order valence-electron chi connectivity index (χ1n) is 8.61. The van der Waals surface area contributed by atoms with Crippen molar-refractivity contribution in [2.75, 3.05) is 0 Å². The molecule has 8 heteroatoms. The van der Waals surface area contributed by atoms with E-state index in [1.165, 1.54) is 0 Å². The number of H-pyrrole nitrogens is 1. The second-order valence-electron chi connectivity index (χ2n) is 6.44. The van der Waals surface area contributed by atoms with Gasteiger partial charge in [0.1, 0.15) is 5.82 Å². The van der Waals surface area contributed by atoms with Crippen LogP contribution < -0.4 is 5.56 Å². The number of hydrogen-bond acceptors (Lipinski definition) is 3. The Bertz CT molecular complexity index is 1250. The smallest absolute Gasteiger partial charge is 0.310 e. The number of aromatic amines is 1. The van der Waals surface area contributed by atoms with Gasteiger partial charge in [0.25, 0.3) is 5.56 Å². The van der Waals surface area contributed by atoms with E-state index in [2.05, 4.69) is 15.0 Å². The summed E-state index contributed by atoms with van der Waals surface area (Å²) in [6.45, 7) is 0. The molecule has 0 radical (unpaired) electrons. The third-order valence-electron chi connectivity index (χ3n) is 4.44. The SMILES string of the molecule is O=c1[nH]c(Cc2ncc(C(F)(F)F)cc2Cl)nc2ccc(-c3ccccc3)cc12. The number of benzene rings is 2. The van der Waals surface area contributed by atoms with E-state index in [0.717, 1.165) is 17.2 Å². The van der Waals surface area contributed by atoms with E-state index in [9.17, 15) is 18.0 Å². The molecule has 0 saturated carbocycles. The molecule has 4 aromatic rings. The minimum atomic E-state index is -4.53. The molecular formula is C21H13ClF3N3O. The topological polar surface area (TPSA) is 58.6 Å². The zero-order chi connectivity index (χ0) is 20.6. The molecule has 0 atom stereocenters. The fraction of sp³-hybridized carbons (Fsp3) is 0.0952. The molecule has 0 spiro atoms. The molecule has 0 aliphatic rings. The number of aromatic nitrogens is 3. The molecule has 2 aromatic heterocycles. The number of pyridine rings is 1. The van der Waals surface area contributed by atoms with Crippen molar-refractivity contribution in [1.29, 1.82) is 0 Å². The minimum Gasteiger partial charge on any atom is -0.310 e. The average Bonchev–Trinajstić information content (AvgIpc) is 2.69. The number of halogens is 4. The lowest BCUT2D eigenvalue weighted by molar-refractivity contribution is -0.137. The molecular weight excluding hydrogens is 403 g/mol. The largest absolute Gasteiger partial charge is 0.417 e. The van der Waals surface area contributed by atoms with E-state index in [-0.39, 0.29) is 28.5 Å². The number of fused-ring (bicyclic) bond motifs is 1. The Morgan fingerprint density at radius 1 is 1.00 bits per heavy atom. The van der Waals surface area contributed by atoms with Crippen molar-refractivity contribution in [3.05, 3.63) is 93.3 Å². The van der Waals surface area contributed by atoms with Crippen molar-refractivity contribution >= 4 is 22.5 Å². The first-order valence-corrected chi connectivity index (χ1v) is 8.99. The molecule has 1 N–H and O–H groups in total. The van der Waals surface area contributed by atoms with Crippen LogP contribution in [0.1, 0.15) is 17.1 Å². The zero-order valence-corrected chi connectivity index (χ0v) is 15.6. The standard InChI is InChI=1S/C21H13ClF3N3O/c22-16-9-14(21(23,24)25)11-26-18(16)10-19-27-17-7-6-13(8-15(17)20(29)28-19)12-4-2-1-3-5-12/h1-9,11H,10H2,(H,27,28,29). The first kappa shape index (κ1) is 19.1. The summed E-state index contributed by atoms with van der Waals surface area (Å²) in [5.41, 5.74) is 1.25. The van der Waals surface area contributed by atoms with E-state index in [0.29, 0.717) is 17.1 Å². The monoisotopic (exact) mass is 415 g/mol. The van der Waals surface area contributed by atoms with E-state index in [1.54, 1.807) is 12.1 Å². The number of rotatable bonds is 3. The van der Waals surface area contributed by atoms with Crippen LogP contribution >= 0.6 is 11.6 Å². The molecule has 0 bridgehead atoms. The lowest BCUT2D eigenvalue weighted by atomic mass is 10.0. The number of hydrogen-bond donors (Lipinski definition) is 1. The second-order valence-corrected chi connectivity index (χ2v) is 6.84. The Hall–Kier alpha value is -3.19. The fourth-order valence-electron chi connectivity index (χ4n) is 2.99. The predicted molar refractivity (Wildman–Crippen MR) is 105 cm³/mol. The minimum absolute atomic E-state index is 0.00257. The van der Waals surface area contributed by atoms with Crippen molar-refractivity contribution < 1.29 is 13.2 Å². The van der Waals surface area contributed by atoms with Crippen LogP contribution in [0.3, 0.4) is 0 Å². The molecule has 2 heterocycles. The molecule has 0 unspecified atom stereocenters. The summed E-state index contributed by atoms with van der Waals surface area (Å²) in [6.07, 6.45) is -3.81. The Morgan fingerprint density at radius 2 is 1.76 bits per heavy atom. The van der Waals surface area contributed by atoms with Crippen molar-refractivity contribution in [3.63, 3.8) is 0 Å². The highest BCUT2D eigenvalue weighted by Gasteiger charge is 2.31. The van der Waals surface area contributed by atoms with Gasteiger partial charge in [0, 0.05) is 12.6 Å². The van der Waals surface area contributed by atoms with Crippen LogP contribution in [0, 0.1) is 0 Å². The van der Waals surface area contributed by atoms with Crippen molar-refractivity contribution in [2.24, 2.45) is 0 Å². The molecule has 146 valence electrons. The number of nitrogens with zero attached hydrogens (tertiary/aromatic N) is 2. The molecule has 29 heavy (non-hydrogen) atoms. The van der Waals surface area contributed by atoms with Crippen LogP contribution in [0.4, 0.5) is 13.2 Å². The van der Waals surface area contributed by atoms with Crippen LogP contribution in [0.2, 0.25) is 5.02 Å². The molecule has 0 saturated heterocycles. The zero-order valence-electron chi connectivity index (χ0n) is 14.8. The molecule has 0 fully saturated rings. The summed E-state index contributed by atoms with van der Waals surface area (Å²) in [5, 5.41) is 0.281. The Labute approximate surface area is 168 Å². The third kappa shape index (κ3) is 4.00.